The zero-order valence-corrected chi connectivity index (χ0v) is 53.6. The van der Waals surface area contributed by atoms with E-state index in [-0.39, 0.29) is 43.2 Å². The van der Waals surface area contributed by atoms with Crippen molar-refractivity contribution < 1.29 is 155 Å². The second-order valence-corrected chi connectivity index (χ2v) is 26.3. The van der Waals surface area contributed by atoms with Gasteiger partial charge < -0.3 is 141 Å². The Balaban J connectivity index is 0.708. The topological polar surface area (TPSA) is 418 Å². The van der Waals surface area contributed by atoms with E-state index < -0.39 is 241 Å². The van der Waals surface area contributed by atoms with E-state index in [9.17, 15) is 60.3 Å². The Morgan fingerprint density at radius 1 is 0.652 bits per heavy atom. The first-order valence-electron chi connectivity index (χ1n) is 30.6. The minimum absolute atomic E-state index is 0.0150. The Morgan fingerprint density at radius 2 is 1.35 bits per heavy atom. The third-order valence-electron chi connectivity index (χ3n) is 18.8. The lowest BCUT2D eigenvalue weighted by atomic mass is 9.81. The monoisotopic (exact) mass is 1360 g/mol. The van der Waals surface area contributed by atoms with Crippen LogP contribution in [0.5, 0.6) is 11.5 Å². The van der Waals surface area contributed by atoms with Crippen LogP contribution in [0.4, 0.5) is 0 Å². The van der Waals surface area contributed by atoms with E-state index in [1.54, 1.807) is 34.6 Å². The van der Waals surface area contributed by atoms with E-state index in [1.807, 2.05) is 0 Å². The molecule has 34 heteroatoms. The van der Waals surface area contributed by atoms with Gasteiger partial charge in [0.05, 0.1) is 73.3 Å². The number of fused-ring (bicyclic) bond motifs is 4. The van der Waals surface area contributed by atoms with Gasteiger partial charge in [0, 0.05) is 20.0 Å². The molecule has 92 heavy (non-hydrogen) atoms. The average Bonchev–Trinajstić information content (AvgIpc) is 1.53. The number of halogens is 2. The van der Waals surface area contributed by atoms with Gasteiger partial charge in [-0.3, -0.25) is 9.59 Å². The first-order valence-corrected chi connectivity index (χ1v) is 31.3. The minimum atomic E-state index is -2.14. The van der Waals surface area contributed by atoms with Crippen LogP contribution >= 0.6 is 23.2 Å². The van der Waals surface area contributed by atoms with Crippen molar-refractivity contribution in [3.63, 3.8) is 0 Å². The molecule has 10 heterocycles. The van der Waals surface area contributed by atoms with Gasteiger partial charge in [-0.1, -0.05) is 37.0 Å². The molecule has 0 bridgehead atoms. The smallest absolute Gasteiger partial charge is 0.342 e. The number of benzene rings is 1. The second kappa shape index (κ2) is 26.7. The molecule has 2 spiro atoms. The van der Waals surface area contributed by atoms with Crippen LogP contribution in [0.1, 0.15) is 97.5 Å². The van der Waals surface area contributed by atoms with Gasteiger partial charge in [-0.2, -0.15) is 0 Å². The highest BCUT2D eigenvalue weighted by Crippen LogP contribution is 2.53. The highest BCUT2D eigenvalue weighted by Gasteiger charge is 2.73. The maximum atomic E-state index is 13.4. The molecule has 0 saturated carbocycles. The van der Waals surface area contributed by atoms with Crippen molar-refractivity contribution >= 4 is 40.9 Å². The summed E-state index contributed by atoms with van der Waals surface area (Å²) >= 11 is 12.1. The maximum absolute atomic E-state index is 13.4. The Bertz CT molecular complexity index is 2810. The molecule has 0 amide bonds. The van der Waals surface area contributed by atoms with Crippen molar-refractivity contribution in [3.8, 4) is 11.5 Å². The van der Waals surface area contributed by atoms with Crippen LogP contribution in [-0.2, 0) is 104 Å². The molecular formula is C58H82Cl2O32. The summed E-state index contributed by atoms with van der Waals surface area (Å²) in [4.78, 5) is 39.4. The molecule has 11 rings (SSSR count). The lowest BCUT2D eigenvalue weighted by Gasteiger charge is -2.49. The molecule has 520 valence electrons. The van der Waals surface area contributed by atoms with Gasteiger partial charge in [0.25, 0.3) is 5.97 Å². The number of phenols is 2. The lowest BCUT2D eigenvalue weighted by molar-refractivity contribution is -0.428. The van der Waals surface area contributed by atoms with Gasteiger partial charge in [0.2, 0.25) is 6.29 Å². The maximum Gasteiger partial charge on any atom is 0.342 e. The van der Waals surface area contributed by atoms with Crippen molar-refractivity contribution in [3.05, 3.63) is 21.2 Å². The number of ketones is 1. The molecule has 32 nitrogen and oxygen atoms in total. The van der Waals surface area contributed by atoms with E-state index in [2.05, 4.69) is 0 Å². The van der Waals surface area contributed by atoms with Crippen LogP contribution in [0.25, 0.3) is 0 Å². The van der Waals surface area contributed by atoms with E-state index in [0.29, 0.717) is 0 Å². The quantitative estimate of drug-likeness (QED) is 0.0994. The van der Waals surface area contributed by atoms with Crippen LogP contribution < -0.4 is 0 Å². The van der Waals surface area contributed by atoms with Gasteiger partial charge in [0.1, 0.15) is 96.2 Å². The number of hydrogen-bond acceptors (Lipinski definition) is 32. The largest absolute Gasteiger partial charge is 0.505 e. The number of Topliss-reactive ketones (excluding diaryl/α,β-unsaturated/α-hetero) is 1. The van der Waals surface area contributed by atoms with Crippen molar-refractivity contribution in [1.82, 2.24) is 0 Å². The van der Waals surface area contributed by atoms with E-state index in [4.69, 9.17) is 118 Å². The van der Waals surface area contributed by atoms with Gasteiger partial charge >= 0.3 is 17.9 Å². The predicted molar refractivity (Wildman–Crippen MR) is 298 cm³/mol. The van der Waals surface area contributed by atoms with E-state index >= 15 is 0 Å². The van der Waals surface area contributed by atoms with Crippen molar-refractivity contribution in [1.29, 1.82) is 0 Å². The van der Waals surface area contributed by atoms with Crippen molar-refractivity contribution in [2.75, 3.05) is 27.1 Å². The van der Waals surface area contributed by atoms with Gasteiger partial charge in [-0.15, -0.1) is 0 Å². The fourth-order valence-electron chi connectivity index (χ4n) is 13.9. The number of esters is 2. The van der Waals surface area contributed by atoms with Crippen LogP contribution in [0.3, 0.4) is 0 Å². The lowest BCUT2D eigenvalue weighted by Crippen LogP contribution is -2.72. The number of methoxy groups -OCH3 is 1. The molecular weight excluding hydrogens is 1280 g/mol. The minimum Gasteiger partial charge on any atom is -0.505 e. The Labute approximate surface area is 537 Å². The van der Waals surface area contributed by atoms with Crippen LogP contribution in [0.15, 0.2) is 0 Å². The first kappa shape index (κ1) is 70.3. The average molecular weight is 1360 g/mol. The molecule has 10 aliphatic rings. The van der Waals surface area contributed by atoms with Gasteiger partial charge in [-0.25, -0.2) is 4.79 Å². The molecule has 10 saturated heterocycles. The summed E-state index contributed by atoms with van der Waals surface area (Å²) in [5.41, 5.74) is -3.83. The third-order valence-corrected chi connectivity index (χ3v) is 19.6. The molecule has 1 aromatic carbocycles. The standard InChI is InChI=1S/C58H82Cl2O32/c1-18(2)50(70)84-46-43-29(89-58(90-43)49-48(75-17-76-49)57(72,24(8)62)25(9)88-58)16-74-53(46)86-54-45(73-11)38(68)42(28(15-61)80-54)85-52-39(69)44(35(65)20(4)79-52)82-31-14-55(10)47(23(7)78-31)91-56(92-55)13-27(64)41(22(6)87-56)81-30-12-26(63)40(21(5)77-30)83-51(71)32-19(3)33(59)37(67)34(60)36(32)66/h18,20-23,25-31,35,38-49,52-54,61,63-69,72H,12-17H2,1-11H3/t20-,21-,22-,23-,25-,26-,27-,28-,29+,30+,31+,35+,38+,39-,40-,41-,42-,43-,44+,45+,46-,47-,48-,49-,52+,53-,54+,55-,56?,57+,58-/m1/s1. The molecule has 1 aromatic rings. The van der Waals surface area contributed by atoms with Crippen LogP contribution in [0, 0.1) is 12.8 Å². The van der Waals surface area contributed by atoms with Crippen LogP contribution in [-0.4, -0.2) is 280 Å². The molecule has 10 fully saturated rings. The number of aliphatic hydroxyl groups excluding tert-OH is 6. The number of carbonyl (C=O) groups excluding carboxylic acids is 3. The highest BCUT2D eigenvalue weighted by atomic mass is 35.5. The normalized spacial score (nSPS) is 48.5. The zero-order chi connectivity index (χ0) is 66.7. The number of aromatic hydroxyl groups is 2. The molecule has 0 aliphatic carbocycles. The Hall–Kier alpha value is -2.99. The Morgan fingerprint density at radius 3 is 2.01 bits per heavy atom. The molecule has 31 atom stereocenters. The first-order chi connectivity index (χ1) is 43.3. The summed E-state index contributed by atoms with van der Waals surface area (Å²) in [6.07, 6.45) is -35.9. The molecule has 9 N–H and O–H groups in total. The van der Waals surface area contributed by atoms with Crippen molar-refractivity contribution in [2.45, 2.75) is 277 Å². The Kier molecular flexibility index (Phi) is 20.4. The number of carbonyl (C=O) groups is 3. The molecule has 0 radical (unpaired) electrons. The number of aliphatic hydroxyl groups is 7. The molecule has 1 unspecified atom stereocenters. The summed E-state index contributed by atoms with van der Waals surface area (Å²) in [7, 11) is 1.23. The van der Waals surface area contributed by atoms with E-state index in [0.717, 1.165) is 0 Å². The summed E-state index contributed by atoms with van der Waals surface area (Å²) in [5.74, 6) is -8.46. The predicted octanol–water partition coefficient (Wildman–Crippen LogP) is -0.559. The summed E-state index contributed by atoms with van der Waals surface area (Å²) in [5, 5.41) is 101. The number of hydrogen-bond donors (Lipinski definition) is 9. The summed E-state index contributed by atoms with van der Waals surface area (Å²) in [6.45, 7) is 13.7. The summed E-state index contributed by atoms with van der Waals surface area (Å²) in [6, 6.07) is 0. The van der Waals surface area contributed by atoms with Crippen molar-refractivity contribution in [2.24, 2.45) is 5.92 Å². The SMILES string of the molecule is CO[C@@H]1[C@H](O[C@H]2OC[C@@H]3O[C@]4(O[C@H]3[C@H]2OC(=O)C(C)C)O[C@H](C)[C@@](O)(C(C)=O)[C@@H]2OCO[C@H]24)O[C@H](CO)[C@@H](O[C@@H]2O[C@H](C)[C@H](O)[C@H](O[C@H]3C[C@@]4(C)OC5(C[C@@H](O)[C@H](O[C@H]6C[C@@H](O)[C@H](OC(=O)c7c(C)c(Cl)c(O)c(Cl)c7O)[C@@H](C)O6)[C@@H](C)O5)O[C@@H]4[C@@H](C)O3)[C@H]2O)[C@@H]1O. The highest BCUT2D eigenvalue weighted by molar-refractivity contribution is 6.39. The van der Waals surface area contributed by atoms with Crippen LogP contribution in [0.2, 0.25) is 10.0 Å². The summed E-state index contributed by atoms with van der Waals surface area (Å²) < 4.78 is 123. The van der Waals surface area contributed by atoms with Gasteiger partial charge in [0.15, 0.2) is 66.4 Å². The zero-order valence-electron chi connectivity index (χ0n) is 52.1. The fraction of sp³-hybridized carbons (Fsp3) is 0.845. The number of rotatable bonds is 15. The number of ether oxygens (including phenoxy) is 20. The fourth-order valence-corrected chi connectivity index (χ4v) is 14.3. The third kappa shape index (κ3) is 12.5. The molecule has 0 aromatic heterocycles. The van der Waals surface area contributed by atoms with Gasteiger partial charge in [-0.05, 0) is 61.0 Å². The van der Waals surface area contributed by atoms with E-state index in [1.165, 1.54) is 41.7 Å². The second-order valence-electron chi connectivity index (χ2n) is 25.6. The molecule has 10 aliphatic heterocycles. The number of phenolic OH excluding ortho intramolecular Hbond substituents is 2.